The third-order valence-electron chi connectivity index (χ3n) is 4.55. The summed E-state index contributed by atoms with van der Waals surface area (Å²) in [6, 6.07) is 15.1. The molecule has 0 radical (unpaired) electrons. The van der Waals surface area contributed by atoms with E-state index in [1.54, 1.807) is 49.4 Å². The summed E-state index contributed by atoms with van der Waals surface area (Å²) in [5, 5.41) is 1.33. The van der Waals surface area contributed by atoms with Crippen LogP contribution in [-0.4, -0.2) is 16.6 Å². The first-order chi connectivity index (χ1) is 15.9. The third-order valence-corrected chi connectivity index (χ3v) is 5.35. The second-order valence-corrected chi connectivity index (χ2v) is 8.06. The molecule has 0 saturated carbocycles. The minimum absolute atomic E-state index is 0.0220. The summed E-state index contributed by atoms with van der Waals surface area (Å²) in [5.74, 6) is -1.95. The van der Waals surface area contributed by atoms with Crippen LogP contribution < -0.4 is 9.47 Å². The molecule has 0 unspecified atom stereocenters. The van der Waals surface area contributed by atoms with Gasteiger partial charge in [-0.1, -0.05) is 46.9 Å². The molecule has 33 heavy (non-hydrogen) atoms. The molecule has 0 spiro atoms. The number of halogens is 5. The number of hydrogen-bond acceptors (Lipinski definition) is 4. The Balaban J connectivity index is 1.99. The predicted octanol–water partition coefficient (Wildman–Crippen LogP) is 8.24. The van der Waals surface area contributed by atoms with Gasteiger partial charge in [-0.15, -0.1) is 0 Å². The Bertz CT molecular complexity index is 1320. The molecule has 9 heteroatoms. The number of ether oxygens (including phenoxy) is 2. The molecular weight excluding hydrogens is 493 g/mol. The number of rotatable bonds is 6. The van der Waals surface area contributed by atoms with Gasteiger partial charge >= 0.3 is 6.01 Å². The molecule has 0 aliphatic heterocycles. The second-order valence-electron chi connectivity index (χ2n) is 6.78. The first kappa shape index (κ1) is 23.2. The Morgan fingerprint density at radius 1 is 0.818 bits per heavy atom. The lowest BCUT2D eigenvalue weighted by Gasteiger charge is -2.17. The van der Waals surface area contributed by atoms with Crippen LogP contribution in [-0.2, 0) is 0 Å². The van der Waals surface area contributed by atoms with Crippen molar-refractivity contribution in [1.82, 2.24) is 9.97 Å². The topological polar surface area (TPSA) is 44.2 Å². The third kappa shape index (κ3) is 5.19. The highest BCUT2D eigenvalue weighted by molar-refractivity contribution is 6.36. The van der Waals surface area contributed by atoms with Gasteiger partial charge in [0.05, 0.1) is 22.9 Å². The smallest absolute Gasteiger partial charge is 0.320 e. The van der Waals surface area contributed by atoms with E-state index in [4.69, 9.17) is 44.3 Å². The summed E-state index contributed by atoms with van der Waals surface area (Å²) in [7, 11) is 0. The molecule has 0 atom stereocenters. The summed E-state index contributed by atoms with van der Waals surface area (Å²) >= 11 is 18.6. The highest BCUT2D eigenvalue weighted by Gasteiger charge is 2.22. The van der Waals surface area contributed by atoms with Gasteiger partial charge in [-0.05, 0) is 55.0 Å². The van der Waals surface area contributed by atoms with E-state index >= 15 is 0 Å². The summed E-state index contributed by atoms with van der Waals surface area (Å²) in [6.07, 6.45) is 0. The van der Waals surface area contributed by atoms with Gasteiger partial charge in [0, 0.05) is 21.7 Å². The molecule has 0 fully saturated rings. The van der Waals surface area contributed by atoms with Gasteiger partial charge in [0.1, 0.15) is 5.75 Å². The lowest BCUT2D eigenvalue weighted by molar-refractivity contribution is 0.307. The predicted molar refractivity (Wildman–Crippen MR) is 126 cm³/mol. The average molecular weight is 508 g/mol. The number of benzene rings is 3. The van der Waals surface area contributed by atoms with Crippen molar-refractivity contribution >= 4 is 34.8 Å². The quantitative estimate of drug-likeness (QED) is 0.264. The van der Waals surface area contributed by atoms with Crippen LogP contribution in [0.2, 0.25) is 15.1 Å². The molecule has 3 aromatic carbocycles. The minimum Gasteiger partial charge on any atom is -0.464 e. The molecule has 0 aliphatic rings. The lowest BCUT2D eigenvalue weighted by atomic mass is 10.00. The lowest BCUT2D eigenvalue weighted by Crippen LogP contribution is -2.04. The van der Waals surface area contributed by atoms with E-state index in [1.807, 2.05) is 0 Å². The second kappa shape index (κ2) is 9.91. The summed E-state index contributed by atoms with van der Waals surface area (Å²) in [5.41, 5.74) is 2.05. The molecule has 4 nitrogen and oxygen atoms in total. The number of hydrogen-bond donors (Lipinski definition) is 0. The normalized spacial score (nSPS) is 10.8. The van der Waals surface area contributed by atoms with Crippen LogP contribution in [0.3, 0.4) is 0 Å². The van der Waals surface area contributed by atoms with Crippen molar-refractivity contribution in [2.75, 3.05) is 6.61 Å². The molecule has 1 heterocycles. The molecule has 0 bridgehead atoms. The molecule has 0 amide bonds. The Kier molecular flexibility index (Phi) is 6.98. The molecule has 4 rings (SSSR count). The molecule has 0 saturated heterocycles. The maximum Gasteiger partial charge on any atom is 0.320 e. The monoisotopic (exact) mass is 506 g/mol. The van der Waals surface area contributed by atoms with Crippen LogP contribution >= 0.6 is 34.8 Å². The standard InChI is InChI=1S/C24H15Cl3F2N2O2/c1-2-32-24-30-22(17-9-7-15(26)11-18(17)27)21(13-3-5-14(25)6-4-13)23(31-24)33-16-8-10-19(28)20(29)12-16/h3-12H,2H2,1H3. The zero-order chi connectivity index (χ0) is 23.5. The Morgan fingerprint density at radius 2 is 1.55 bits per heavy atom. The van der Waals surface area contributed by atoms with Crippen LogP contribution in [0.4, 0.5) is 8.78 Å². The van der Waals surface area contributed by atoms with Crippen LogP contribution in [0, 0.1) is 11.6 Å². The fourth-order valence-electron chi connectivity index (χ4n) is 3.09. The van der Waals surface area contributed by atoms with Crippen LogP contribution in [0.1, 0.15) is 6.92 Å². The van der Waals surface area contributed by atoms with Gasteiger partial charge in [-0.25, -0.2) is 8.78 Å². The number of nitrogens with zero attached hydrogens (tertiary/aromatic N) is 2. The van der Waals surface area contributed by atoms with E-state index in [-0.39, 0.29) is 17.6 Å². The minimum atomic E-state index is -1.06. The van der Waals surface area contributed by atoms with Crippen molar-refractivity contribution in [1.29, 1.82) is 0 Å². The molecule has 168 valence electrons. The van der Waals surface area contributed by atoms with Gasteiger partial charge in [0.15, 0.2) is 11.6 Å². The van der Waals surface area contributed by atoms with Crippen molar-refractivity contribution in [3.8, 4) is 40.0 Å². The largest absolute Gasteiger partial charge is 0.464 e. The fraction of sp³-hybridized carbons (Fsp3) is 0.0833. The molecule has 1 aromatic heterocycles. The van der Waals surface area contributed by atoms with Gasteiger partial charge in [-0.3, -0.25) is 0 Å². The highest BCUT2D eigenvalue weighted by atomic mass is 35.5. The van der Waals surface area contributed by atoms with Gasteiger partial charge in [0.25, 0.3) is 0 Å². The summed E-state index contributed by atoms with van der Waals surface area (Å²) in [4.78, 5) is 8.92. The Labute approximate surface area is 203 Å². The van der Waals surface area contributed by atoms with E-state index in [2.05, 4.69) is 9.97 Å². The van der Waals surface area contributed by atoms with Crippen molar-refractivity contribution in [3.63, 3.8) is 0 Å². The first-order valence-corrected chi connectivity index (χ1v) is 10.9. The van der Waals surface area contributed by atoms with Crippen molar-refractivity contribution in [2.24, 2.45) is 0 Å². The maximum atomic E-state index is 13.8. The Hall–Kier alpha value is -2.93. The van der Waals surface area contributed by atoms with Crippen molar-refractivity contribution < 1.29 is 18.3 Å². The molecule has 4 aromatic rings. The van der Waals surface area contributed by atoms with E-state index in [0.29, 0.717) is 44.1 Å². The Morgan fingerprint density at radius 3 is 2.21 bits per heavy atom. The maximum absolute atomic E-state index is 13.8. The summed E-state index contributed by atoms with van der Waals surface area (Å²) < 4.78 is 38.7. The van der Waals surface area contributed by atoms with E-state index in [1.165, 1.54) is 6.07 Å². The summed E-state index contributed by atoms with van der Waals surface area (Å²) in [6.45, 7) is 2.07. The molecular formula is C24H15Cl3F2N2O2. The van der Waals surface area contributed by atoms with Crippen LogP contribution in [0.25, 0.3) is 22.4 Å². The molecule has 0 aliphatic carbocycles. The van der Waals surface area contributed by atoms with E-state index in [9.17, 15) is 8.78 Å². The zero-order valence-electron chi connectivity index (χ0n) is 17.1. The average Bonchev–Trinajstić information content (AvgIpc) is 2.77. The van der Waals surface area contributed by atoms with Crippen molar-refractivity contribution in [2.45, 2.75) is 6.92 Å². The SMILES string of the molecule is CCOc1nc(Oc2ccc(F)c(F)c2)c(-c2ccc(Cl)cc2)c(-c2ccc(Cl)cc2Cl)n1. The highest BCUT2D eigenvalue weighted by Crippen LogP contribution is 2.43. The van der Waals surface area contributed by atoms with Crippen LogP contribution in [0.15, 0.2) is 60.7 Å². The fourth-order valence-corrected chi connectivity index (χ4v) is 3.72. The van der Waals surface area contributed by atoms with E-state index in [0.717, 1.165) is 12.1 Å². The zero-order valence-corrected chi connectivity index (χ0v) is 19.3. The van der Waals surface area contributed by atoms with Gasteiger partial charge in [-0.2, -0.15) is 9.97 Å². The van der Waals surface area contributed by atoms with Crippen molar-refractivity contribution in [3.05, 3.63) is 87.4 Å². The number of aromatic nitrogens is 2. The van der Waals surface area contributed by atoms with Crippen LogP contribution in [0.5, 0.6) is 17.6 Å². The molecule has 0 N–H and O–H groups in total. The van der Waals surface area contributed by atoms with Gasteiger partial charge < -0.3 is 9.47 Å². The van der Waals surface area contributed by atoms with E-state index < -0.39 is 11.6 Å². The first-order valence-electron chi connectivity index (χ1n) is 9.74. The van der Waals surface area contributed by atoms with Gasteiger partial charge in [0.2, 0.25) is 5.88 Å².